The predicted molar refractivity (Wildman–Crippen MR) is 462 cm³/mol. The summed E-state index contributed by atoms with van der Waals surface area (Å²) in [6, 6.07) is -7.10. The number of carboxylic acids is 3. The van der Waals surface area contributed by atoms with Crippen LogP contribution in [0.3, 0.4) is 0 Å². The Balaban J connectivity index is 1.33. The van der Waals surface area contributed by atoms with Crippen molar-refractivity contribution < 1.29 is 187 Å². The molecule has 0 aliphatic carbocycles. The van der Waals surface area contributed by atoms with Gasteiger partial charge in [0.1, 0.15) is 110 Å². The van der Waals surface area contributed by atoms with Gasteiger partial charge in [-0.3, -0.25) is 24.0 Å². The molecule has 0 bridgehead atoms. The zero-order chi connectivity index (χ0) is 97.1. The molecule has 5 heterocycles. The topological polar surface area (TPSA) is 671 Å². The van der Waals surface area contributed by atoms with Crippen molar-refractivity contribution in [2.24, 2.45) is 0 Å². The van der Waals surface area contributed by atoms with Gasteiger partial charge in [-0.15, -0.1) is 0 Å². The first kappa shape index (κ1) is 116. The normalized spacial score (nSPS) is 31.3. The zero-order valence-electron chi connectivity index (χ0n) is 76.6. The molecule has 0 aromatic heterocycles. The maximum Gasteiger partial charge on any atom is 0.364 e. The van der Waals surface area contributed by atoms with Gasteiger partial charge in [-0.25, -0.2) is 14.4 Å². The van der Waals surface area contributed by atoms with E-state index in [9.17, 15) is 135 Å². The Morgan fingerprint density at radius 1 is 0.427 bits per heavy atom. The van der Waals surface area contributed by atoms with Crippen LogP contribution >= 0.6 is 0 Å². The molecule has 0 aromatic rings. The molecule has 5 rings (SSSR count). The first-order valence-electron chi connectivity index (χ1n) is 46.9. The number of aliphatic hydroxyl groups is 16. The molecule has 30 atom stereocenters. The third-order valence-electron chi connectivity index (χ3n) is 24.4. The van der Waals surface area contributed by atoms with Crippen molar-refractivity contribution in [3.63, 3.8) is 0 Å². The Labute approximate surface area is 765 Å². The molecule has 131 heavy (non-hydrogen) atoms. The van der Waals surface area contributed by atoms with E-state index in [0.29, 0.717) is 12.8 Å². The second-order valence-electron chi connectivity index (χ2n) is 35.2. The number of aliphatic hydroxyl groups excluding tert-OH is 16. The number of aliphatic carboxylic acids is 3. The summed E-state index contributed by atoms with van der Waals surface area (Å²) in [5, 5.41) is 227. The smallest absolute Gasteiger partial charge is 0.364 e. The average Bonchev–Trinajstić information content (AvgIpc) is 0.744. The van der Waals surface area contributed by atoms with Crippen molar-refractivity contribution in [2.75, 3.05) is 39.6 Å². The number of hydrogen-bond donors (Lipinski definition) is 23. The standard InChI is InChI=1S/C89H154N4O38/c1-7-9-11-13-15-17-19-21-22-23-24-25-26-27-28-30-32-34-36-38-40-42-66(107)93-56(57(102)41-39-37-35-33-31-29-20-18-16-14-12-10-8-2)50-122-82-75(113)74(112)77(65(49-97)124-82)125-83-76(114)81(71(109)62(46-94)123-83)131-89(86(119)120)45-60(105)69(92-54(5)100)80(130-89)73(111)64(48-96)127-88(85(117)118)44-59(104)68(91-53(4)99)79(129-88)72(110)63(47-95)126-87(84(115)116)43-58(103)67(90-52(3)98)78(128-87)70(108)61(106)51-121-55(6)101/h21-22,39,41,56-65,67-83,94-97,102-106,108-114H,7-20,23-38,40,42-51H2,1-6H3,(H,90,98)(H,91,99)(H,92,100)(H,93,107)(H,115,116)(H,117,118)(H,119,120)/b22-21-,41-39+/t56-,57+,58?,59?,60?,61+,62?,63+,64+,65?,67+,68+,69+,70+,71-,72+,73+,74+,75?,76?,77+,78?,79?,80?,81-,82+,83-,87+,88+,89-/m0/s1. The van der Waals surface area contributed by atoms with Gasteiger partial charge < -0.3 is 170 Å². The van der Waals surface area contributed by atoms with Crippen LogP contribution < -0.4 is 21.3 Å². The maximum atomic E-state index is 13.9. The first-order chi connectivity index (χ1) is 62.4. The number of hydrogen-bond acceptors (Lipinski definition) is 35. The number of esters is 1. The molecule has 0 saturated carbocycles. The van der Waals surface area contributed by atoms with Crippen LogP contribution in [0.4, 0.5) is 0 Å². The maximum absolute atomic E-state index is 13.9. The fourth-order valence-electron chi connectivity index (χ4n) is 17.1. The number of rotatable bonds is 65. The highest BCUT2D eigenvalue weighted by Gasteiger charge is 2.64. The van der Waals surface area contributed by atoms with E-state index in [4.69, 9.17) is 52.1 Å². The summed E-state index contributed by atoms with van der Waals surface area (Å²) in [4.78, 5) is 104. The number of carboxylic acid groups (broad SMARTS) is 3. The number of unbranched alkanes of at least 4 members (excludes halogenated alkanes) is 28. The highest BCUT2D eigenvalue weighted by molar-refractivity contribution is 5.79. The van der Waals surface area contributed by atoms with Crippen LogP contribution in [0.15, 0.2) is 24.3 Å². The molecule has 5 fully saturated rings. The summed E-state index contributed by atoms with van der Waals surface area (Å²) in [6.45, 7) is 1.04. The molecule has 0 spiro atoms. The van der Waals surface area contributed by atoms with Crippen LogP contribution in [-0.4, -0.2) is 366 Å². The summed E-state index contributed by atoms with van der Waals surface area (Å²) < 4.78 is 63.2. The molecule has 5 saturated heterocycles. The Morgan fingerprint density at radius 2 is 0.802 bits per heavy atom. The third-order valence-corrected chi connectivity index (χ3v) is 24.4. The van der Waals surface area contributed by atoms with E-state index in [0.717, 1.165) is 105 Å². The van der Waals surface area contributed by atoms with E-state index < -0.39 is 289 Å². The monoisotopic (exact) mass is 1890 g/mol. The number of carbonyl (C=O) groups excluding carboxylic acids is 5. The van der Waals surface area contributed by atoms with Crippen LogP contribution in [-0.2, 0) is 90.5 Å². The molecule has 42 heteroatoms. The van der Waals surface area contributed by atoms with Gasteiger partial charge in [0.25, 0.3) is 17.4 Å². The summed E-state index contributed by atoms with van der Waals surface area (Å²) in [5.41, 5.74) is 0. The lowest BCUT2D eigenvalue weighted by Gasteiger charge is -2.51. The Bertz CT molecular complexity index is 3390. The number of amides is 4. The summed E-state index contributed by atoms with van der Waals surface area (Å²) in [5.74, 6) is -21.7. The lowest BCUT2D eigenvalue weighted by atomic mass is 9.86. The Hall–Kier alpha value is -5.80. The minimum absolute atomic E-state index is 0.116. The van der Waals surface area contributed by atoms with Gasteiger partial charge >= 0.3 is 23.9 Å². The molecule has 4 amide bonds. The molecule has 0 aromatic carbocycles. The summed E-state index contributed by atoms with van der Waals surface area (Å²) >= 11 is 0. The van der Waals surface area contributed by atoms with Crippen LogP contribution in [0.2, 0.25) is 0 Å². The lowest BCUT2D eigenvalue weighted by molar-refractivity contribution is -0.388. The molecule has 23 N–H and O–H groups in total. The fourth-order valence-corrected chi connectivity index (χ4v) is 17.1. The molecule has 10 unspecified atom stereocenters. The average molecular weight is 1890 g/mol. The van der Waals surface area contributed by atoms with Crippen LogP contribution in [0.25, 0.3) is 0 Å². The fraction of sp³-hybridized carbons (Fsp3) is 0.865. The largest absolute Gasteiger partial charge is 0.477 e. The highest BCUT2D eigenvalue weighted by atomic mass is 16.8. The van der Waals surface area contributed by atoms with Crippen LogP contribution in [0, 0.1) is 0 Å². The van der Waals surface area contributed by atoms with Crippen molar-refractivity contribution in [1.82, 2.24) is 21.3 Å². The third kappa shape index (κ3) is 36.6. The zero-order valence-corrected chi connectivity index (χ0v) is 76.6. The number of carbonyl (C=O) groups is 8. The van der Waals surface area contributed by atoms with Gasteiger partial charge in [-0.1, -0.05) is 192 Å². The van der Waals surface area contributed by atoms with Crippen molar-refractivity contribution in [1.29, 1.82) is 0 Å². The van der Waals surface area contributed by atoms with Crippen molar-refractivity contribution >= 4 is 47.5 Å². The summed E-state index contributed by atoms with van der Waals surface area (Å²) in [7, 11) is 0. The van der Waals surface area contributed by atoms with E-state index >= 15 is 0 Å². The minimum atomic E-state index is -3.59. The van der Waals surface area contributed by atoms with Gasteiger partial charge in [0.15, 0.2) is 12.6 Å². The molecule has 42 nitrogen and oxygen atoms in total. The van der Waals surface area contributed by atoms with Crippen LogP contribution in [0.5, 0.6) is 0 Å². The van der Waals surface area contributed by atoms with Gasteiger partial charge in [0.2, 0.25) is 23.6 Å². The van der Waals surface area contributed by atoms with Gasteiger partial charge in [-0.05, 0) is 44.9 Å². The van der Waals surface area contributed by atoms with Crippen LogP contribution in [0.1, 0.15) is 266 Å². The van der Waals surface area contributed by atoms with Gasteiger partial charge in [0.05, 0.1) is 81.6 Å². The molecule has 0 radical (unpaired) electrons. The Kier molecular flexibility index (Phi) is 53.0. The van der Waals surface area contributed by atoms with E-state index in [-0.39, 0.29) is 6.42 Å². The number of ether oxygens (including phenoxy) is 11. The van der Waals surface area contributed by atoms with Crippen molar-refractivity contribution in [3.05, 3.63) is 24.3 Å². The quantitative estimate of drug-likeness (QED) is 0.0220. The first-order valence-corrected chi connectivity index (χ1v) is 46.9. The molecule has 758 valence electrons. The Morgan fingerprint density at radius 3 is 1.19 bits per heavy atom. The molecular weight excluding hydrogens is 1730 g/mol. The predicted octanol–water partition coefficient (Wildman–Crippen LogP) is 0.200. The highest BCUT2D eigenvalue weighted by Crippen LogP contribution is 2.43. The lowest BCUT2D eigenvalue weighted by Crippen LogP contribution is -2.72. The van der Waals surface area contributed by atoms with Gasteiger partial charge in [0, 0.05) is 53.4 Å². The number of nitrogens with one attached hydrogen (secondary N) is 4. The van der Waals surface area contributed by atoms with Crippen molar-refractivity contribution in [3.8, 4) is 0 Å². The second-order valence-corrected chi connectivity index (χ2v) is 35.2. The SMILES string of the molecule is CCCCCCCC/C=C\CCCCCCCCCCCCCC(=O)N[C@@H](CO[C@@H]1OC(CO)[C@@H](O[C@@H]2OC(CO)[C@H](O)[C@H](O[C@]3(C(=O)O)CC(O)[C@@H](NC(C)=O)C([C@H](O)[C@@H](CO)O[C@]4(C(=O)O)CC(O)[C@@H](NC(C)=O)C([C@H](O)[C@@H](CO)O[C@]5(C(=O)O)CC(O)[C@@H](NC(C)=O)C([C@H](O)[C@H](O)COC(C)=O)O5)O4)O3)C2O)[C@H](O)C1O)[C@H](O)/C=C/CCCCCCCCCCCCC. The second kappa shape index (κ2) is 60.0. The van der Waals surface area contributed by atoms with E-state index in [2.05, 4.69) is 47.3 Å². The van der Waals surface area contributed by atoms with Gasteiger partial charge in [-0.2, -0.15) is 0 Å². The van der Waals surface area contributed by atoms with Crippen molar-refractivity contribution in [2.45, 2.75) is 449 Å². The minimum Gasteiger partial charge on any atom is -0.477 e. The molecular formula is C89H154N4O38. The molecule has 5 aliphatic rings. The summed E-state index contributed by atoms with van der Waals surface area (Å²) in [6.07, 6.45) is -13.5. The van der Waals surface area contributed by atoms with E-state index in [1.54, 1.807) is 6.08 Å². The van der Waals surface area contributed by atoms with E-state index in [1.807, 2.05) is 0 Å². The molecule has 5 aliphatic heterocycles. The number of allylic oxidation sites excluding steroid dienone is 3. The van der Waals surface area contributed by atoms with E-state index in [1.165, 1.54) is 115 Å².